The zero-order valence-electron chi connectivity index (χ0n) is 21.2. The van der Waals surface area contributed by atoms with Crippen molar-refractivity contribution >= 4 is 17.7 Å². The maximum atomic E-state index is 13.4. The van der Waals surface area contributed by atoms with Crippen LogP contribution in [0.15, 0.2) is 30.3 Å². The summed E-state index contributed by atoms with van der Waals surface area (Å²) < 4.78 is 0. The fourth-order valence-corrected chi connectivity index (χ4v) is 4.56. The van der Waals surface area contributed by atoms with Crippen molar-refractivity contribution in [3.05, 3.63) is 35.9 Å². The molecular weight excluding hydrogens is 414 g/mol. The van der Waals surface area contributed by atoms with Crippen molar-refractivity contribution in [2.24, 2.45) is 11.8 Å². The summed E-state index contributed by atoms with van der Waals surface area (Å²) in [5.41, 5.74) is 0.930. The Bertz CT molecular complexity index is 767. The molecule has 3 amide bonds. The van der Waals surface area contributed by atoms with Gasteiger partial charge in [0.1, 0.15) is 6.04 Å². The highest BCUT2D eigenvalue weighted by atomic mass is 16.2. The first-order chi connectivity index (χ1) is 15.8. The van der Waals surface area contributed by atoms with E-state index < -0.39 is 6.04 Å². The van der Waals surface area contributed by atoms with Crippen molar-refractivity contribution in [2.75, 3.05) is 19.6 Å². The number of nitrogens with zero attached hydrogens (tertiary/aromatic N) is 2. The van der Waals surface area contributed by atoms with E-state index in [-0.39, 0.29) is 42.0 Å². The highest BCUT2D eigenvalue weighted by Crippen LogP contribution is 2.21. The van der Waals surface area contributed by atoms with Gasteiger partial charge in [-0.05, 0) is 31.2 Å². The standard InChI is InChI=1S/C27H43N3O3/c1-6-9-15-23(8-3)26(32)30-17-16-29(19-21(30)5)27(33)25(20(4)7-2)28-24(31)18-22-13-11-10-12-14-22/h10-14,20-21,23,25H,6-9,15-19H2,1-5H3,(H,28,31). The summed E-state index contributed by atoms with van der Waals surface area (Å²) in [4.78, 5) is 43.0. The van der Waals surface area contributed by atoms with Crippen LogP contribution in [0.5, 0.6) is 0 Å². The average molecular weight is 458 g/mol. The van der Waals surface area contributed by atoms with Gasteiger partial charge in [-0.25, -0.2) is 0 Å². The van der Waals surface area contributed by atoms with E-state index in [4.69, 9.17) is 0 Å². The fourth-order valence-electron chi connectivity index (χ4n) is 4.56. The van der Waals surface area contributed by atoms with E-state index in [1.165, 1.54) is 0 Å². The van der Waals surface area contributed by atoms with Crippen LogP contribution >= 0.6 is 0 Å². The first-order valence-corrected chi connectivity index (χ1v) is 12.7. The first kappa shape index (κ1) is 26.9. The molecule has 184 valence electrons. The molecule has 1 aromatic rings. The largest absolute Gasteiger partial charge is 0.344 e. The summed E-state index contributed by atoms with van der Waals surface area (Å²) >= 11 is 0. The summed E-state index contributed by atoms with van der Waals surface area (Å²) in [5.74, 6) is 0.150. The van der Waals surface area contributed by atoms with Crippen LogP contribution < -0.4 is 5.32 Å². The van der Waals surface area contributed by atoms with Crippen molar-refractivity contribution in [1.29, 1.82) is 0 Å². The van der Waals surface area contributed by atoms with Crippen molar-refractivity contribution in [1.82, 2.24) is 15.1 Å². The molecule has 0 radical (unpaired) electrons. The lowest BCUT2D eigenvalue weighted by molar-refractivity contribution is -0.147. The second-order valence-corrected chi connectivity index (χ2v) is 9.51. The van der Waals surface area contributed by atoms with Crippen LogP contribution in [0.3, 0.4) is 0 Å². The number of hydrogen-bond donors (Lipinski definition) is 1. The molecule has 0 aromatic heterocycles. The van der Waals surface area contributed by atoms with E-state index in [9.17, 15) is 14.4 Å². The van der Waals surface area contributed by atoms with Crippen LogP contribution in [0, 0.1) is 11.8 Å². The van der Waals surface area contributed by atoms with Gasteiger partial charge >= 0.3 is 0 Å². The average Bonchev–Trinajstić information content (AvgIpc) is 2.82. The molecule has 1 saturated heterocycles. The smallest absolute Gasteiger partial charge is 0.245 e. The number of amides is 3. The Morgan fingerprint density at radius 3 is 2.30 bits per heavy atom. The first-order valence-electron chi connectivity index (χ1n) is 12.7. The topological polar surface area (TPSA) is 69.7 Å². The molecule has 2 rings (SSSR count). The van der Waals surface area contributed by atoms with Gasteiger partial charge in [-0.15, -0.1) is 0 Å². The predicted octanol–water partition coefficient (Wildman–Crippen LogP) is 4.04. The number of unbranched alkanes of at least 4 members (excludes halogenated alkanes) is 1. The summed E-state index contributed by atoms with van der Waals surface area (Å²) in [7, 11) is 0. The minimum absolute atomic E-state index is 0.0246. The van der Waals surface area contributed by atoms with Crippen molar-refractivity contribution in [2.45, 2.75) is 85.2 Å². The number of nitrogens with one attached hydrogen (secondary N) is 1. The highest BCUT2D eigenvalue weighted by molar-refractivity contribution is 5.89. The third-order valence-corrected chi connectivity index (χ3v) is 6.97. The number of benzene rings is 1. The molecule has 1 heterocycles. The number of piperazine rings is 1. The Balaban J connectivity index is 2.01. The highest BCUT2D eigenvalue weighted by Gasteiger charge is 2.36. The lowest BCUT2D eigenvalue weighted by atomic mass is 9.95. The summed E-state index contributed by atoms with van der Waals surface area (Å²) in [6, 6.07) is 9.01. The van der Waals surface area contributed by atoms with E-state index in [0.717, 1.165) is 37.7 Å². The molecule has 1 aliphatic rings. The van der Waals surface area contributed by atoms with Gasteiger partial charge < -0.3 is 15.1 Å². The Hall–Kier alpha value is -2.37. The minimum Gasteiger partial charge on any atom is -0.344 e. The van der Waals surface area contributed by atoms with Crippen LogP contribution in [0.25, 0.3) is 0 Å². The zero-order valence-corrected chi connectivity index (χ0v) is 21.2. The molecule has 0 saturated carbocycles. The molecule has 1 aliphatic heterocycles. The summed E-state index contributed by atoms with van der Waals surface area (Å²) in [5, 5.41) is 3.00. The van der Waals surface area contributed by atoms with Crippen LogP contribution in [0.1, 0.15) is 72.3 Å². The van der Waals surface area contributed by atoms with Gasteiger partial charge in [0.05, 0.1) is 6.42 Å². The predicted molar refractivity (Wildman–Crippen MR) is 133 cm³/mol. The van der Waals surface area contributed by atoms with Gasteiger partial charge in [0, 0.05) is 31.6 Å². The van der Waals surface area contributed by atoms with E-state index in [1.807, 2.05) is 60.9 Å². The maximum absolute atomic E-state index is 13.4. The van der Waals surface area contributed by atoms with E-state index in [0.29, 0.717) is 19.6 Å². The van der Waals surface area contributed by atoms with E-state index in [1.54, 1.807) is 0 Å². The summed E-state index contributed by atoms with van der Waals surface area (Å²) in [6.45, 7) is 11.9. The molecule has 1 aromatic carbocycles. The number of hydrogen-bond acceptors (Lipinski definition) is 3. The maximum Gasteiger partial charge on any atom is 0.245 e. The normalized spacial score (nSPS) is 19.0. The van der Waals surface area contributed by atoms with E-state index >= 15 is 0 Å². The Morgan fingerprint density at radius 1 is 1.03 bits per heavy atom. The number of rotatable bonds is 11. The molecule has 6 nitrogen and oxygen atoms in total. The van der Waals surface area contributed by atoms with Crippen LogP contribution in [0.2, 0.25) is 0 Å². The van der Waals surface area contributed by atoms with Crippen LogP contribution in [-0.2, 0) is 20.8 Å². The molecule has 33 heavy (non-hydrogen) atoms. The molecule has 0 spiro atoms. The molecule has 6 heteroatoms. The van der Waals surface area contributed by atoms with Crippen LogP contribution in [0.4, 0.5) is 0 Å². The Kier molecular flexibility index (Phi) is 10.9. The second kappa shape index (κ2) is 13.4. The molecule has 0 aliphatic carbocycles. The zero-order chi connectivity index (χ0) is 24.4. The van der Waals surface area contributed by atoms with Gasteiger partial charge in [-0.3, -0.25) is 14.4 Å². The lowest BCUT2D eigenvalue weighted by Crippen LogP contribution is -2.60. The molecule has 1 fully saturated rings. The van der Waals surface area contributed by atoms with Gasteiger partial charge in [-0.1, -0.05) is 77.3 Å². The quantitative estimate of drug-likeness (QED) is 0.545. The number of carbonyl (C=O) groups excluding carboxylic acids is 3. The molecule has 1 N–H and O–H groups in total. The summed E-state index contributed by atoms with van der Waals surface area (Å²) in [6.07, 6.45) is 5.00. The lowest BCUT2D eigenvalue weighted by Gasteiger charge is -2.42. The molecule has 4 unspecified atom stereocenters. The SMILES string of the molecule is CCCCC(CC)C(=O)N1CCN(C(=O)C(NC(=O)Cc2ccccc2)C(C)CC)CC1C. The third kappa shape index (κ3) is 7.58. The minimum atomic E-state index is -0.548. The molecule has 0 bridgehead atoms. The van der Waals surface area contributed by atoms with Gasteiger partial charge in [0.15, 0.2) is 0 Å². The van der Waals surface area contributed by atoms with Crippen LogP contribution in [-0.4, -0.2) is 59.2 Å². The fraction of sp³-hybridized carbons (Fsp3) is 0.667. The monoisotopic (exact) mass is 457 g/mol. The van der Waals surface area contributed by atoms with E-state index in [2.05, 4.69) is 19.2 Å². The van der Waals surface area contributed by atoms with Gasteiger partial charge in [0.25, 0.3) is 0 Å². The third-order valence-electron chi connectivity index (χ3n) is 6.97. The second-order valence-electron chi connectivity index (χ2n) is 9.51. The van der Waals surface area contributed by atoms with Gasteiger partial charge in [-0.2, -0.15) is 0 Å². The molecular formula is C27H43N3O3. The molecule has 4 atom stereocenters. The van der Waals surface area contributed by atoms with Crippen molar-refractivity contribution in [3.8, 4) is 0 Å². The van der Waals surface area contributed by atoms with Gasteiger partial charge in [0.2, 0.25) is 17.7 Å². The van der Waals surface area contributed by atoms with Crippen molar-refractivity contribution in [3.63, 3.8) is 0 Å². The Labute approximate surface area is 200 Å². The Morgan fingerprint density at radius 2 is 1.73 bits per heavy atom. The van der Waals surface area contributed by atoms with Crippen molar-refractivity contribution < 1.29 is 14.4 Å². The number of carbonyl (C=O) groups is 3.